The van der Waals surface area contributed by atoms with Crippen LogP contribution in [0.2, 0.25) is 0 Å². The largest absolute Gasteiger partial charge is 0.382 e. The lowest BCUT2D eigenvalue weighted by molar-refractivity contribution is 0.102. The van der Waals surface area contributed by atoms with Crippen LogP contribution in [0.15, 0.2) is 53.4 Å². The van der Waals surface area contributed by atoms with Crippen LogP contribution in [0, 0.1) is 0 Å². The number of sulfonamides is 1. The number of carbonyl (C=O) groups excluding carboxylic acids is 1. The lowest BCUT2D eigenvalue weighted by Gasteiger charge is -2.32. The number of piperidine rings is 1. The normalized spacial score (nSPS) is 17.2. The van der Waals surface area contributed by atoms with Gasteiger partial charge in [-0.15, -0.1) is 0 Å². The second-order valence-electron chi connectivity index (χ2n) is 8.57. The maximum absolute atomic E-state index is 13.1. The third kappa shape index (κ3) is 5.16. The first-order chi connectivity index (χ1) is 16.4. The third-order valence-electron chi connectivity index (χ3n) is 6.22. The summed E-state index contributed by atoms with van der Waals surface area (Å²) < 4.78 is 35.1. The molecule has 8 nitrogen and oxygen atoms in total. The van der Waals surface area contributed by atoms with Crippen LogP contribution in [-0.4, -0.2) is 54.0 Å². The molecular formula is C25H32N4O4S. The van der Waals surface area contributed by atoms with E-state index in [1.165, 1.54) is 12.1 Å². The van der Waals surface area contributed by atoms with Gasteiger partial charge in [-0.05, 0) is 69.5 Å². The van der Waals surface area contributed by atoms with Crippen LogP contribution in [0.4, 0.5) is 5.95 Å². The summed E-state index contributed by atoms with van der Waals surface area (Å²) >= 11 is 0. The van der Waals surface area contributed by atoms with E-state index < -0.39 is 10.0 Å². The molecule has 9 heteroatoms. The zero-order chi connectivity index (χ0) is 24.1. The van der Waals surface area contributed by atoms with Crippen molar-refractivity contribution in [2.24, 2.45) is 0 Å². The average molecular weight is 485 g/mol. The molecule has 0 aliphatic carbocycles. The highest BCUT2D eigenvalue weighted by Gasteiger charge is 2.31. The van der Waals surface area contributed by atoms with Crippen molar-refractivity contribution in [1.29, 1.82) is 0 Å². The highest BCUT2D eigenvalue weighted by Crippen LogP contribution is 2.26. The first-order valence-corrected chi connectivity index (χ1v) is 13.3. The highest BCUT2D eigenvalue weighted by atomic mass is 32.2. The molecule has 2 heterocycles. The summed E-state index contributed by atoms with van der Waals surface area (Å²) in [4.78, 5) is 17.8. The molecule has 3 aromatic rings. The van der Waals surface area contributed by atoms with Crippen molar-refractivity contribution in [3.63, 3.8) is 0 Å². The van der Waals surface area contributed by atoms with Crippen LogP contribution in [0.3, 0.4) is 0 Å². The van der Waals surface area contributed by atoms with Gasteiger partial charge < -0.3 is 9.30 Å². The van der Waals surface area contributed by atoms with Crippen molar-refractivity contribution in [3.8, 4) is 0 Å². The van der Waals surface area contributed by atoms with Gasteiger partial charge in [0.1, 0.15) is 0 Å². The Morgan fingerprint density at radius 2 is 1.91 bits per heavy atom. The third-order valence-corrected chi connectivity index (χ3v) is 8.25. The number of aromatic nitrogens is 2. The van der Waals surface area contributed by atoms with Crippen molar-refractivity contribution in [2.45, 2.75) is 57.0 Å². The lowest BCUT2D eigenvalue weighted by Crippen LogP contribution is -2.41. The van der Waals surface area contributed by atoms with Crippen molar-refractivity contribution in [3.05, 3.63) is 54.1 Å². The van der Waals surface area contributed by atoms with Gasteiger partial charge in [0, 0.05) is 37.9 Å². The Labute approximate surface area is 201 Å². The number of nitrogens with zero attached hydrogens (tertiary/aromatic N) is 3. The van der Waals surface area contributed by atoms with Gasteiger partial charge in [-0.3, -0.25) is 10.1 Å². The van der Waals surface area contributed by atoms with E-state index in [1.807, 2.05) is 42.7 Å². The number of anilines is 1. The summed E-state index contributed by atoms with van der Waals surface area (Å²) in [6.45, 7) is 6.38. The Hall–Kier alpha value is -2.75. The van der Waals surface area contributed by atoms with E-state index in [4.69, 9.17) is 4.74 Å². The van der Waals surface area contributed by atoms with Gasteiger partial charge in [-0.25, -0.2) is 13.4 Å². The van der Waals surface area contributed by atoms with Crippen LogP contribution in [0.25, 0.3) is 11.0 Å². The molecule has 0 spiro atoms. The van der Waals surface area contributed by atoms with E-state index in [0.29, 0.717) is 37.8 Å². The van der Waals surface area contributed by atoms with Gasteiger partial charge in [0.2, 0.25) is 16.0 Å². The number of hydrogen-bond donors (Lipinski definition) is 1. The molecule has 1 fully saturated rings. The molecule has 1 saturated heterocycles. The fourth-order valence-corrected chi connectivity index (χ4v) is 6.08. The maximum atomic E-state index is 13.1. The van der Waals surface area contributed by atoms with Crippen molar-refractivity contribution < 1.29 is 17.9 Å². The minimum atomic E-state index is -3.58. The van der Waals surface area contributed by atoms with E-state index in [-0.39, 0.29) is 16.8 Å². The molecule has 1 N–H and O–H groups in total. The van der Waals surface area contributed by atoms with E-state index >= 15 is 0 Å². The fourth-order valence-electron chi connectivity index (χ4n) is 4.38. The molecular weight excluding hydrogens is 452 g/mol. The van der Waals surface area contributed by atoms with Gasteiger partial charge in [0.05, 0.1) is 15.9 Å². The molecule has 0 bridgehead atoms. The number of amides is 1. The molecule has 1 aromatic heterocycles. The number of para-hydroxylation sites is 2. The predicted octanol–water partition coefficient (Wildman–Crippen LogP) is 4.28. The number of imidazole rings is 1. The Morgan fingerprint density at radius 3 is 2.65 bits per heavy atom. The molecule has 4 rings (SSSR count). The number of rotatable bonds is 9. The first-order valence-electron chi connectivity index (χ1n) is 11.9. The van der Waals surface area contributed by atoms with Crippen LogP contribution < -0.4 is 5.32 Å². The summed E-state index contributed by atoms with van der Waals surface area (Å²) in [6, 6.07) is 13.8. The van der Waals surface area contributed by atoms with Crippen molar-refractivity contribution in [2.75, 3.05) is 25.1 Å². The van der Waals surface area contributed by atoms with Gasteiger partial charge in [-0.2, -0.15) is 4.31 Å². The Morgan fingerprint density at radius 1 is 1.15 bits per heavy atom. The minimum absolute atomic E-state index is 0.0163. The Balaban J connectivity index is 1.52. The van der Waals surface area contributed by atoms with Crippen LogP contribution in [-0.2, 0) is 21.3 Å². The van der Waals surface area contributed by atoms with E-state index in [9.17, 15) is 13.2 Å². The zero-order valence-corrected chi connectivity index (χ0v) is 20.6. The molecule has 1 unspecified atom stereocenters. The van der Waals surface area contributed by atoms with Crippen LogP contribution in [0.5, 0.6) is 0 Å². The summed E-state index contributed by atoms with van der Waals surface area (Å²) in [5, 5.41) is 2.90. The first kappa shape index (κ1) is 24.4. The molecule has 34 heavy (non-hydrogen) atoms. The second kappa shape index (κ2) is 10.7. The smallest absolute Gasteiger partial charge is 0.257 e. The number of ether oxygens (including phenoxy) is 1. The van der Waals surface area contributed by atoms with E-state index in [1.54, 1.807) is 16.4 Å². The minimum Gasteiger partial charge on any atom is -0.382 e. The number of fused-ring (bicyclic) bond motifs is 1. The van der Waals surface area contributed by atoms with Crippen LogP contribution in [0.1, 0.15) is 49.9 Å². The predicted molar refractivity (Wildman–Crippen MR) is 132 cm³/mol. The Bertz CT molecular complexity index is 1240. The topological polar surface area (TPSA) is 93.5 Å². The molecule has 1 amide bonds. The van der Waals surface area contributed by atoms with Crippen LogP contribution >= 0.6 is 0 Å². The average Bonchev–Trinajstić information content (AvgIpc) is 3.19. The number of hydrogen-bond acceptors (Lipinski definition) is 5. The lowest BCUT2D eigenvalue weighted by atomic mass is 10.1. The Kier molecular flexibility index (Phi) is 7.65. The maximum Gasteiger partial charge on any atom is 0.257 e. The quantitative estimate of drug-likeness (QED) is 0.458. The number of carbonyl (C=O) groups is 1. The molecule has 0 saturated carbocycles. The summed E-state index contributed by atoms with van der Waals surface area (Å²) in [7, 11) is -3.58. The summed E-state index contributed by atoms with van der Waals surface area (Å²) in [5.74, 6) is 0.123. The molecule has 0 radical (unpaired) electrons. The SMILES string of the molecule is CCOCCCn1c(NC(=O)c2ccc(S(=O)(=O)N3CCCCC3C)cc2)nc2ccccc21. The molecule has 2 aromatic carbocycles. The summed E-state index contributed by atoms with van der Waals surface area (Å²) in [6.07, 6.45) is 3.57. The number of benzene rings is 2. The van der Waals surface area contributed by atoms with E-state index in [2.05, 4.69) is 10.3 Å². The standard InChI is InChI=1S/C25H32N4O4S/c1-3-33-18-8-16-28-23-11-5-4-10-22(23)26-25(28)27-24(30)20-12-14-21(15-13-20)34(31,32)29-17-7-6-9-19(29)2/h4-5,10-15,19H,3,6-9,16-18H2,1-2H3,(H,26,27,30). The number of aryl methyl sites for hydroxylation is 1. The molecule has 1 aliphatic rings. The molecule has 1 atom stereocenters. The van der Waals surface area contributed by atoms with Crippen molar-refractivity contribution >= 4 is 32.9 Å². The zero-order valence-electron chi connectivity index (χ0n) is 19.7. The summed E-state index contributed by atoms with van der Waals surface area (Å²) in [5.41, 5.74) is 2.11. The van der Waals surface area contributed by atoms with Crippen molar-refractivity contribution in [1.82, 2.24) is 13.9 Å². The van der Waals surface area contributed by atoms with E-state index in [0.717, 1.165) is 36.7 Å². The molecule has 1 aliphatic heterocycles. The highest BCUT2D eigenvalue weighted by molar-refractivity contribution is 7.89. The second-order valence-corrected chi connectivity index (χ2v) is 10.5. The van der Waals surface area contributed by atoms with Gasteiger partial charge >= 0.3 is 0 Å². The van der Waals surface area contributed by atoms with Gasteiger partial charge in [0.15, 0.2) is 0 Å². The monoisotopic (exact) mass is 484 g/mol. The number of nitrogens with one attached hydrogen (secondary N) is 1. The molecule has 182 valence electrons. The van der Waals surface area contributed by atoms with Gasteiger partial charge in [0.25, 0.3) is 5.91 Å². The van der Waals surface area contributed by atoms with Gasteiger partial charge in [-0.1, -0.05) is 18.6 Å². The fraction of sp³-hybridized carbons (Fsp3) is 0.440.